The summed E-state index contributed by atoms with van der Waals surface area (Å²) in [5.74, 6) is -0.651. The molecule has 0 fully saturated rings. The van der Waals surface area contributed by atoms with Gasteiger partial charge in [-0.25, -0.2) is 0 Å². The Morgan fingerprint density at radius 2 is 0.463 bits per heavy atom. The van der Waals surface area contributed by atoms with Crippen LogP contribution in [0, 0.1) is 0 Å². The van der Waals surface area contributed by atoms with Crippen LogP contribution in [0.3, 0.4) is 0 Å². The molecule has 0 aliphatic heterocycles. The molecule has 334 valence electrons. The summed E-state index contributed by atoms with van der Waals surface area (Å²) in [7, 11) is 0. The van der Waals surface area contributed by atoms with E-state index in [2.05, 4.69) is 6.92 Å². The first-order valence-corrected chi connectivity index (χ1v) is 19.5. The zero-order chi connectivity index (χ0) is 42.7. The topological polar surface area (TPSA) is 341 Å². The first-order valence-electron chi connectivity index (χ1n) is 19.5. The lowest BCUT2D eigenvalue weighted by Crippen LogP contribution is -2.15. The van der Waals surface area contributed by atoms with E-state index >= 15 is 0 Å². The minimum absolute atomic E-state index is 0.346. The van der Waals surface area contributed by atoms with Gasteiger partial charge >= 0.3 is 5.97 Å². The molecule has 0 aromatic carbocycles. The molecule has 0 aliphatic carbocycles. The monoisotopic (exact) mass is 801 g/mol. The van der Waals surface area contributed by atoms with Crippen LogP contribution < -0.4 is 0 Å². The van der Waals surface area contributed by atoms with E-state index in [4.69, 9.17) is 81.7 Å². The van der Waals surface area contributed by atoms with Crippen molar-refractivity contribution in [3.63, 3.8) is 0 Å². The van der Waals surface area contributed by atoms with Crippen molar-refractivity contribution < 1.29 is 86.5 Å². The van der Waals surface area contributed by atoms with E-state index in [-0.39, 0.29) is 66.1 Å². The largest absolute Gasteiger partial charge is 0.481 e. The number of rotatable bonds is 30. The maximum atomic E-state index is 10.4. The van der Waals surface area contributed by atoms with Gasteiger partial charge in [0.1, 0.15) is 30.5 Å². The molecule has 16 N–H and O–H groups in total. The number of aliphatic carboxylic acids is 1. The summed E-state index contributed by atoms with van der Waals surface area (Å²) in [6.07, 6.45) is 21.3. The third-order valence-corrected chi connectivity index (χ3v) is 7.10. The molecule has 17 nitrogen and oxygen atoms in total. The average Bonchev–Trinajstić information content (AvgIpc) is 3.20. The van der Waals surface area contributed by atoms with E-state index in [1.54, 1.807) is 0 Å². The maximum absolute atomic E-state index is 10.4. The highest BCUT2D eigenvalue weighted by Gasteiger charge is 1.99. The average molecular weight is 801 g/mol. The lowest BCUT2D eigenvalue weighted by molar-refractivity contribution is -0.137. The molecule has 0 saturated carbocycles. The van der Waals surface area contributed by atoms with Gasteiger partial charge in [0.25, 0.3) is 0 Å². The quantitative estimate of drug-likeness (QED) is 0.0409. The lowest BCUT2D eigenvalue weighted by atomic mass is 10.0. The zero-order valence-corrected chi connectivity index (χ0v) is 33.2. The predicted molar refractivity (Wildman–Crippen MR) is 207 cm³/mol. The molecule has 0 amide bonds. The van der Waals surface area contributed by atoms with Crippen LogP contribution in [-0.2, 0) is 4.79 Å². The van der Waals surface area contributed by atoms with Crippen LogP contribution in [0.1, 0.15) is 135 Å². The Hall–Kier alpha value is -1.13. The highest BCUT2D eigenvalue weighted by atomic mass is 16.4. The van der Waals surface area contributed by atoms with Crippen molar-refractivity contribution in [2.45, 2.75) is 166 Å². The molecular formula is C37H84O17. The zero-order valence-electron chi connectivity index (χ0n) is 33.2. The number of aliphatic hydroxyl groups is 15. The maximum Gasteiger partial charge on any atom is 0.303 e. The van der Waals surface area contributed by atoms with Crippen molar-refractivity contribution >= 4 is 5.97 Å². The second-order valence-electron chi connectivity index (χ2n) is 12.6. The van der Waals surface area contributed by atoms with Crippen LogP contribution in [0.4, 0.5) is 0 Å². The normalized spacial score (nSPS) is 10.5. The van der Waals surface area contributed by atoms with Gasteiger partial charge in [-0.3, -0.25) is 4.79 Å². The molecule has 0 spiro atoms. The van der Waals surface area contributed by atoms with E-state index in [1.165, 1.54) is 109 Å². The Bertz CT molecular complexity index is 545. The first-order chi connectivity index (χ1) is 25.8. The first kappa shape index (κ1) is 64.8. The molecule has 0 unspecified atom stereocenters. The third kappa shape index (κ3) is 79.6. The Labute approximate surface area is 324 Å². The Kier molecular flexibility index (Phi) is 73.3. The number of hydrogen-bond acceptors (Lipinski definition) is 16. The summed E-state index contributed by atoms with van der Waals surface area (Å²) in [5, 5.41) is 129. The number of carbonyl (C=O) groups is 1. The molecule has 0 aromatic rings. The second kappa shape index (κ2) is 61.1. The van der Waals surface area contributed by atoms with Gasteiger partial charge in [-0.2, -0.15) is 0 Å². The summed E-state index contributed by atoms with van der Waals surface area (Å²) < 4.78 is 0. The van der Waals surface area contributed by atoms with E-state index in [0.29, 0.717) is 6.42 Å². The van der Waals surface area contributed by atoms with Gasteiger partial charge in [0, 0.05) is 6.42 Å². The summed E-state index contributed by atoms with van der Waals surface area (Å²) >= 11 is 0. The fourth-order valence-corrected chi connectivity index (χ4v) is 3.64. The minimum atomic E-state index is -0.954. The van der Waals surface area contributed by atoms with Crippen molar-refractivity contribution in [1.82, 2.24) is 0 Å². The molecule has 0 radical (unpaired) electrons. The molecule has 17 heteroatoms. The van der Waals surface area contributed by atoms with Gasteiger partial charge in [-0.1, -0.05) is 122 Å². The van der Waals surface area contributed by atoms with Crippen LogP contribution in [-0.4, -0.2) is 184 Å². The molecule has 0 aromatic heterocycles. The summed E-state index contributed by atoms with van der Waals surface area (Å²) in [4.78, 5) is 10.4. The number of carboxylic acids is 1. The van der Waals surface area contributed by atoms with Crippen LogP contribution in [0.15, 0.2) is 0 Å². The molecule has 0 heterocycles. The van der Waals surface area contributed by atoms with Crippen LogP contribution in [0.25, 0.3) is 0 Å². The highest BCUT2D eigenvalue weighted by molar-refractivity contribution is 5.66. The molecule has 54 heavy (non-hydrogen) atoms. The van der Waals surface area contributed by atoms with Crippen molar-refractivity contribution in [2.75, 3.05) is 66.1 Å². The number of unbranched alkanes of at least 4 members (excludes halogenated alkanes) is 18. The Morgan fingerprint density at radius 3 is 0.574 bits per heavy atom. The smallest absolute Gasteiger partial charge is 0.303 e. The van der Waals surface area contributed by atoms with Gasteiger partial charge in [-0.05, 0) is 6.42 Å². The second-order valence-corrected chi connectivity index (χ2v) is 12.6. The SMILES string of the molecule is CCCCCCCCCCCCCCCCCCCCCC(=O)O.OCC(O)CO.OCC(O)CO.OCC(O)CO.OCC(O)CO.OCC(O)CO. The molecule has 0 rings (SSSR count). The summed E-state index contributed by atoms with van der Waals surface area (Å²) in [6, 6.07) is 0. The molecule has 0 aliphatic rings. The number of aliphatic hydroxyl groups excluding tert-OH is 15. The highest BCUT2D eigenvalue weighted by Crippen LogP contribution is 2.14. The lowest BCUT2D eigenvalue weighted by Gasteiger charge is -2.03. The minimum Gasteiger partial charge on any atom is -0.481 e. The van der Waals surface area contributed by atoms with Crippen LogP contribution in [0.2, 0.25) is 0 Å². The standard InChI is InChI=1S/C22H44O2.5C3H8O3/c1-2-3-4-5-6-7-8-9-10-11-12-13-14-15-16-17-18-19-20-21-22(23)24;5*4-1-3(6)2-5/h2-21H2,1H3,(H,23,24);5*3-6H,1-2H2. The van der Waals surface area contributed by atoms with Crippen LogP contribution >= 0.6 is 0 Å². The summed E-state index contributed by atoms with van der Waals surface area (Å²) in [5.41, 5.74) is 0. The third-order valence-electron chi connectivity index (χ3n) is 7.10. The number of hydrogen-bond donors (Lipinski definition) is 16. The van der Waals surface area contributed by atoms with Crippen molar-refractivity contribution in [3.8, 4) is 0 Å². The van der Waals surface area contributed by atoms with Crippen molar-refractivity contribution in [3.05, 3.63) is 0 Å². The van der Waals surface area contributed by atoms with E-state index in [1.807, 2.05) is 0 Å². The Morgan fingerprint density at radius 1 is 0.315 bits per heavy atom. The van der Waals surface area contributed by atoms with Gasteiger partial charge in [-0.15, -0.1) is 0 Å². The number of carboxylic acid groups (broad SMARTS) is 1. The molecular weight excluding hydrogens is 716 g/mol. The Balaban J connectivity index is -0.000000154. The van der Waals surface area contributed by atoms with Gasteiger partial charge in [0.2, 0.25) is 0 Å². The molecule has 0 bridgehead atoms. The van der Waals surface area contributed by atoms with E-state index in [0.717, 1.165) is 12.8 Å². The van der Waals surface area contributed by atoms with E-state index < -0.39 is 36.5 Å². The fourth-order valence-electron chi connectivity index (χ4n) is 3.64. The van der Waals surface area contributed by atoms with Gasteiger partial charge in [0.15, 0.2) is 0 Å². The summed E-state index contributed by atoms with van der Waals surface area (Å²) in [6.45, 7) is -1.36. The fraction of sp³-hybridized carbons (Fsp3) is 0.973. The van der Waals surface area contributed by atoms with Gasteiger partial charge in [0.05, 0.1) is 66.1 Å². The predicted octanol–water partition coefficient (Wildman–Crippen LogP) is -0.448. The molecule has 0 atom stereocenters. The van der Waals surface area contributed by atoms with Crippen LogP contribution in [0.5, 0.6) is 0 Å². The van der Waals surface area contributed by atoms with Crippen molar-refractivity contribution in [1.29, 1.82) is 0 Å². The van der Waals surface area contributed by atoms with Gasteiger partial charge < -0.3 is 81.7 Å². The van der Waals surface area contributed by atoms with E-state index in [9.17, 15) is 4.79 Å². The molecule has 0 saturated heterocycles. The van der Waals surface area contributed by atoms with Crippen molar-refractivity contribution in [2.24, 2.45) is 0 Å².